The van der Waals surface area contributed by atoms with Crippen LogP contribution in [0.4, 0.5) is 11.4 Å². The highest BCUT2D eigenvalue weighted by Gasteiger charge is 2.11. The molecule has 0 saturated carbocycles. The van der Waals surface area contributed by atoms with Gasteiger partial charge in [0.1, 0.15) is 17.4 Å². The summed E-state index contributed by atoms with van der Waals surface area (Å²) < 4.78 is 10.2. The predicted molar refractivity (Wildman–Crippen MR) is 96.5 cm³/mol. The Morgan fingerprint density at radius 1 is 1.20 bits per heavy atom. The van der Waals surface area contributed by atoms with Crippen molar-refractivity contribution in [3.8, 4) is 11.8 Å². The molecule has 0 amide bonds. The van der Waals surface area contributed by atoms with Gasteiger partial charge in [0.2, 0.25) is 0 Å². The van der Waals surface area contributed by atoms with Crippen LogP contribution >= 0.6 is 0 Å². The zero-order valence-corrected chi connectivity index (χ0v) is 13.9. The van der Waals surface area contributed by atoms with Crippen molar-refractivity contribution in [3.63, 3.8) is 0 Å². The number of hydrogen-bond donors (Lipinski definition) is 2. The molecule has 0 aliphatic heterocycles. The van der Waals surface area contributed by atoms with E-state index in [0.29, 0.717) is 29.1 Å². The molecular weight excluding hydrogens is 318 g/mol. The summed E-state index contributed by atoms with van der Waals surface area (Å²) in [6, 6.07) is 14.0. The van der Waals surface area contributed by atoms with Crippen LogP contribution in [0.3, 0.4) is 0 Å². The van der Waals surface area contributed by atoms with E-state index in [-0.39, 0.29) is 12.2 Å². The maximum Gasteiger partial charge on any atom is 0.348 e. The van der Waals surface area contributed by atoms with Crippen LogP contribution in [0.25, 0.3) is 6.08 Å². The third kappa shape index (κ3) is 5.01. The van der Waals surface area contributed by atoms with Crippen LogP contribution in [-0.2, 0) is 16.0 Å². The molecule has 2 aromatic rings. The summed E-state index contributed by atoms with van der Waals surface area (Å²) in [6.07, 6.45) is 1.92. The molecule has 0 saturated heterocycles. The number of hydrogen-bond acceptors (Lipinski definition) is 6. The number of benzene rings is 2. The van der Waals surface area contributed by atoms with Gasteiger partial charge in [0.15, 0.2) is 0 Å². The van der Waals surface area contributed by atoms with Crippen LogP contribution in [-0.4, -0.2) is 19.7 Å². The van der Waals surface area contributed by atoms with Crippen molar-refractivity contribution in [2.24, 2.45) is 0 Å². The Kier molecular flexibility index (Phi) is 6.02. The van der Waals surface area contributed by atoms with Crippen molar-refractivity contribution < 1.29 is 14.3 Å². The second-order valence-corrected chi connectivity index (χ2v) is 5.29. The smallest absolute Gasteiger partial charge is 0.348 e. The summed E-state index contributed by atoms with van der Waals surface area (Å²) in [6.45, 7) is 0.120. The van der Waals surface area contributed by atoms with Gasteiger partial charge in [0.25, 0.3) is 0 Å². The second-order valence-electron chi connectivity index (χ2n) is 5.29. The number of nitrogen functional groups attached to an aromatic ring is 2. The molecule has 6 nitrogen and oxygen atoms in total. The number of carbonyl (C=O) groups is 1. The molecule has 0 aromatic heterocycles. The highest BCUT2D eigenvalue weighted by atomic mass is 16.5. The normalized spacial score (nSPS) is 10.8. The average Bonchev–Trinajstić information content (AvgIpc) is 2.61. The molecule has 128 valence electrons. The average molecular weight is 337 g/mol. The van der Waals surface area contributed by atoms with E-state index in [1.807, 2.05) is 6.07 Å². The molecule has 6 heteroatoms. The van der Waals surface area contributed by atoms with Crippen LogP contribution in [0.1, 0.15) is 11.1 Å². The predicted octanol–water partition coefficient (Wildman–Crippen LogP) is 2.55. The van der Waals surface area contributed by atoms with Crippen LogP contribution < -0.4 is 16.2 Å². The van der Waals surface area contributed by atoms with Crippen LogP contribution in [0.15, 0.2) is 48.0 Å². The van der Waals surface area contributed by atoms with Crippen molar-refractivity contribution in [1.29, 1.82) is 5.26 Å². The number of esters is 1. The fraction of sp³-hybridized carbons (Fsp3) is 0.158. The lowest BCUT2D eigenvalue weighted by molar-refractivity contribution is -0.138. The van der Waals surface area contributed by atoms with Gasteiger partial charge in [-0.1, -0.05) is 18.2 Å². The van der Waals surface area contributed by atoms with E-state index in [9.17, 15) is 10.1 Å². The molecule has 0 aliphatic rings. The molecule has 2 aromatic carbocycles. The Labute approximate surface area is 146 Å². The van der Waals surface area contributed by atoms with Crippen molar-refractivity contribution in [2.75, 3.05) is 25.2 Å². The molecule has 4 N–H and O–H groups in total. The quantitative estimate of drug-likeness (QED) is 0.363. The van der Waals surface area contributed by atoms with Gasteiger partial charge in [-0.25, -0.2) is 4.79 Å². The Morgan fingerprint density at radius 2 is 1.92 bits per heavy atom. The molecular formula is C19H19N3O3. The zero-order valence-electron chi connectivity index (χ0n) is 13.9. The lowest BCUT2D eigenvalue weighted by Gasteiger charge is -2.07. The Bertz CT molecular complexity index is 821. The fourth-order valence-electron chi connectivity index (χ4n) is 2.18. The SMILES string of the molecule is COc1ccc(/C=C(\C#N)C(=O)OCCc2ccc(N)cc2N)cc1. The molecule has 25 heavy (non-hydrogen) atoms. The third-order valence-corrected chi connectivity index (χ3v) is 3.54. The minimum absolute atomic E-state index is 0.0737. The van der Waals surface area contributed by atoms with Gasteiger partial charge in [-0.3, -0.25) is 0 Å². The van der Waals surface area contributed by atoms with E-state index in [1.165, 1.54) is 6.08 Å². The largest absolute Gasteiger partial charge is 0.497 e. The van der Waals surface area contributed by atoms with E-state index < -0.39 is 5.97 Å². The highest BCUT2D eigenvalue weighted by molar-refractivity contribution is 5.97. The summed E-state index contributed by atoms with van der Waals surface area (Å²) in [5.41, 5.74) is 14.1. The van der Waals surface area contributed by atoms with Crippen LogP contribution in [0.5, 0.6) is 5.75 Å². The van der Waals surface area contributed by atoms with E-state index in [0.717, 1.165) is 5.56 Å². The topological polar surface area (TPSA) is 111 Å². The Balaban J connectivity index is 1.97. The van der Waals surface area contributed by atoms with Crippen molar-refractivity contribution in [3.05, 3.63) is 59.2 Å². The summed E-state index contributed by atoms with van der Waals surface area (Å²) in [5.74, 6) is 0.0201. The fourth-order valence-corrected chi connectivity index (χ4v) is 2.18. The van der Waals surface area contributed by atoms with Gasteiger partial charge in [-0.05, 0) is 41.5 Å². The number of methoxy groups -OCH3 is 1. The Hall–Kier alpha value is -3.46. The molecule has 2 rings (SSSR count). The first kappa shape index (κ1) is 17.9. The molecule has 0 heterocycles. The third-order valence-electron chi connectivity index (χ3n) is 3.54. The Morgan fingerprint density at radius 3 is 2.52 bits per heavy atom. The van der Waals surface area contributed by atoms with E-state index >= 15 is 0 Å². The first-order valence-corrected chi connectivity index (χ1v) is 7.60. The zero-order chi connectivity index (χ0) is 18.2. The first-order valence-electron chi connectivity index (χ1n) is 7.60. The van der Waals surface area contributed by atoms with E-state index in [4.69, 9.17) is 20.9 Å². The summed E-state index contributed by atoms with van der Waals surface area (Å²) in [4.78, 5) is 12.0. The number of carbonyl (C=O) groups excluding carboxylic acids is 1. The number of ether oxygens (including phenoxy) is 2. The second kappa shape index (κ2) is 8.41. The van der Waals surface area contributed by atoms with Gasteiger partial charge < -0.3 is 20.9 Å². The molecule has 0 spiro atoms. The van der Waals surface area contributed by atoms with E-state index in [1.54, 1.807) is 49.6 Å². The molecule has 0 unspecified atom stereocenters. The van der Waals surface area contributed by atoms with Gasteiger partial charge in [0, 0.05) is 17.8 Å². The standard InChI is InChI=1S/C19H19N3O3/c1-24-17-6-2-13(3-7-17)10-15(12-20)19(23)25-9-8-14-4-5-16(21)11-18(14)22/h2-7,10-11H,8-9,21-22H2,1H3/b15-10+. The molecule has 0 aliphatic carbocycles. The molecule has 0 atom stereocenters. The van der Waals surface area contributed by atoms with E-state index in [2.05, 4.69) is 0 Å². The molecule has 0 radical (unpaired) electrons. The van der Waals surface area contributed by atoms with Crippen LogP contribution in [0, 0.1) is 11.3 Å². The minimum atomic E-state index is -0.674. The van der Waals surface area contributed by atoms with Crippen molar-refractivity contribution >= 4 is 23.4 Å². The highest BCUT2D eigenvalue weighted by Crippen LogP contribution is 2.17. The van der Waals surface area contributed by atoms with Gasteiger partial charge >= 0.3 is 5.97 Å². The molecule has 0 fully saturated rings. The van der Waals surface area contributed by atoms with Crippen molar-refractivity contribution in [2.45, 2.75) is 6.42 Å². The van der Waals surface area contributed by atoms with Crippen LogP contribution in [0.2, 0.25) is 0 Å². The molecule has 0 bridgehead atoms. The number of nitrogens with two attached hydrogens (primary N) is 2. The lowest BCUT2D eigenvalue weighted by atomic mass is 10.1. The number of nitriles is 1. The number of nitrogens with zero attached hydrogens (tertiary/aromatic N) is 1. The first-order chi connectivity index (χ1) is 12.0. The van der Waals surface area contributed by atoms with Crippen molar-refractivity contribution in [1.82, 2.24) is 0 Å². The summed E-state index contributed by atoms with van der Waals surface area (Å²) in [5, 5.41) is 9.17. The summed E-state index contributed by atoms with van der Waals surface area (Å²) in [7, 11) is 1.57. The minimum Gasteiger partial charge on any atom is -0.497 e. The maximum atomic E-state index is 12.0. The lowest BCUT2D eigenvalue weighted by Crippen LogP contribution is -2.10. The van der Waals surface area contributed by atoms with Gasteiger partial charge in [-0.15, -0.1) is 0 Å². The van der Waals surface area contributed by atoms with Gasteiger partial charge in [0.05, 0.1) is 13.7 Å². The maximum absolute atomic E-state index is 12.0. The monoisotopic (exact) mass is 337 g/mol. The summed E-state index contributed by atoms with van der Waals surface area (Å²) >= 11 is 0. The number of anilines is 2. The number of rotatable bonds is 6. The van der Waals surface area contributed by atoms with Gasteiger partial charge in [-0.2, -0.15) is 5.26 Å².